The molecule has 2 rings (SSSR count). The van der Waals surface area contributed by atoms with Crippen LogP contribution in [0.5, 0.6) is 0 Å². The predicted octanol–water partition coefficient (Wildman–Crippen LogP) is 3.30. The Morgan fingerprint density at radius 1 is 1.57 bits per heavy atom. The number of hydrogen-bond acceptors (Lipinski definition) is 2. The average molecular weight is 227 g/mol. The van der Waals surface area contributed by atoms with Crippen LogP contribution >= 0.6 is 22.9 Å². The molecule has 74 valence electrons. The summed E-state index contributed by atoms with van der Waals surface area (Å²) in [7, 11) is 0. The summed E-state index contributed by atoms with van der Waals surface area (Å²) >= 11 is 7.98. The number of thiophene rings is 1. The first-order chi connectivity index (χ1) is 6.77. The van der Waals surface area contributed by atoms with Gasteiger partial charge in [-0.15, -0.1) is 11.6 Å². The molecule has 2 heterocycles. The van der Waals surface area contributed by atoms with Crippen molar-refractivity contribution in [3.05, 3.63) is 40.1 Å². The lowest BCUT2D eigenvalue weighted by Gasteiger charge is -2.06. The first-order valence-corrected chi connectivity index (χ1v) is 5.80. The first kappa shape index (κ1) is 9.74. The van der Waals surface area contributed by atoms with E-state index in [1.807, 2.05) is 6.20 Å². The minimum absolute atomic E-state index is 0.0207. The quantitative estimate of drug-likeness (QED) is 0.800. The summed E-state index contributed by atoms with van der Waals surface area (Å²) in [6, 6.07) is 0. The summed E-state index contributed by atoms with van der Waals surface area (Å²) in [6.45, 7) is 2.09. The van der Waals surface area contributed by atoms with E-state index in [2.05, 4.69) is 27.7 Å². The molecule has 2 aromatic rings. The summed E-state index contributed by atoms with van der Waals surface area (Å²) < 4.78 is 0. The normalized spacial score (nSPS) is 13.0. The molecule has 0 aromatic carbocycles. The van der Waals surface area contributed by atoms with Gasteiger partial charge in [-0.1, -0.05) is 0 Å². The maximum absolute atomic E-state index is 6.29. The standard InChI is InChI=1S/C10H11ClN2S/c1-7-5-14-6-8(7)9(11)4-10-12-2-3-13-10/h2-3,5-6,9H,4H2,1H3,(H,12,13). The third-order valence-corrected chi connectivity index (χ3v) is 3.43. The summed E-state index contributed by atoms with van der Waals surface area (Å²) in [4.78, 5) is 7.22. The molecule has 0 spiro atoms. The summed E-state index contributed by atoms with van der Waals surface area (Å²) in [5.41, 5.74) is 2.48. The van der Waals surface area contributed by atoms with Crippen LogP contribution in [0.3, 0.4) is 0 Å². The Morgan fingerprint density at radius 3 is 3.00 bits per heavy atom. The molecule has 1 unspecified atom stereocenters. The van der Waals surface area contributed by atoms with Gasteiger partial charge >= 0.3 is 0 Å². The zero-order chi connectivity index (χ0) is 9.97. The van der Waals surface area contributed by atoms with Gasteiger partial charge in [0.2, 0.25) is 0 Å². The van der Waals surface area contributed by atoms with Gasteiger partial charge in [0, 0.05) is 18.8 Å². The molecule has 1 atom stereocenters. The van der Waals surface area contributed by atoms with Crippen LogP contribution in [-0.4, -0.2) is 9.97 Å². The zero-order valence-corrected chi connectivity index (χ0v) is 9.40. The molecule has 2 nitrogen and oxygen atoms in total. The van der Waals surface area contributed by atoms with E-state index >= 15 is 0 Å². The second-order valence-corrected chi connectivity index (χ2v) is 4.49. The van der Waals surface area contributed by atoms with E-state index < -0.39 is 0 Å². The monoisotopic (exact) mass is 226 g/mol. The molecule has 0 bridgehead atoms. The van der Waals surface area contributed by atoms with Gasteiger partial charge < -0.3 is 4.98 Å². The number of imidazole rings is 1. The highest BCUT2D eigenvalue weighted by molar-refractivity contribution is 7.08. The lowest BCUT2D eigenvalue weighted by Crippen LogP contribution is -1.97. The number of aromatic amines is 1. The Balaban J connectivity index is 2.10. The van der Waals surface area contributed by atoms with Crippen molar-refractivity contribution in [2.45, 2.75) is 18.7 Å². The van der Waals surface area contributed by atoms with Gasteiger partial charge in [-0.25, -0.2) is 4.98 Å². The summed E-state index contributed by atoms with van der Waals surface area (Å²) in [6.07, 6.45) is 4.32. The van der Waals surface area contributed by atoms with Crippen molar-refractivity contribution in [2.24, 2.45) is 0 Å². The van der Waals surface area contributed by atoms with Crippen molar-refractivity contribution in [1.82, 2.24) is 9.97 Å². The van der Waals surface area contributed by atoms with Crippen molar-refractivity contribution >= 4 is 22.9 Å². The van der Waals surface area contributed by atoms with Gasteiger partial charge in [-0.2, -0.15) is 11.3 Å². The molecular weight excluding hydrogens is 216 g/mol. The van der Waals surface area contributed by atoms with Crippen LogP contribution in [0.25, 0.3) is 0 Å². The van der Waals surface area contributed by atoms with Gasteiger partial charge in [0.25, 0.3) is 0 Å². The number of halogens is 1. The number of hydrogen-bond donors (Lipinski definition) is 1. The average Bonchev–Trinajstić information content (AvgIpc) is 2.75. The largest absolute Gasteiger partial charge is 0.349 e. The highest BCUT2D eigenvalue weighted by atomic mass is 35.5. The smallest absolute Gasteiger partial charge is 0.107 e. The maximum atomic E-state index is 6.29. The molecule has 0 aliphatic carbocycles. The SMILES string of the molecule is Cc1cscc1C(Cl)Cc1ncc[nH]1. The number of H-pyrrole nitrogens is 1. The Labute approximate surface area is 92.0 Å². The third kappa shape index (κ3) is 1.99. The van der Waals surface area contributed by atoms with Gasteiger partial charge in [-0.3, -0.25) is 0 Å². The lowest BCUT2D eigenvalue weighted by molar-refractivity contribution is 0.853. The Hall–Kier alpha value is -0.800. The summed E-state index contributed by atoms with van der Waals surface area (Å²) in [5.74, 6) is 0.940. The molecule has 0 saturated carbocycles. The highest BCUT2D eigenvalue weighted by Crippen LogP contribution is 2.28. The molecule has 0 radical (unpaired) electrons. The van der Waals surface area contributed by atoms with Crippen molar-refractivity contribution < 1.29 is 0 Å². The van der Waals surface area contributed by atoms with Crippen LogP contribution in [0.15, 0.2) is 23.2 Å². The fourth-order valence-corrected chi connectivity index (χ4v) is 2.74. The van der Waals surface area contributed by atoms with E-state index in [0.717, 1.165) is 12.2 Å². The fraction of sp³-hybridized carbons (Fsp3) is 0.300. The van der Waals surface area contributed by atoms with Gasteiger partial charge in [0.05, 0.1) is 5.38 Å². The summed E-state index contributed by atoms with van der Waals surface area (Å²) in [5, 5.41) is 4.25. The molecule has 4 heteroatoms. The van der Waals surface area contributed by atoms with Crippen LogP contribution in [0.1, 0.15) is 22.3 Å². The van der Waals surface area contributed by atoms with Crippen LogP contribution in [0, 0.1) is 6.92 Å². The molecule has 1 N–H and O–H groups in total. The van der Waals surface area contributed by atoms with Crippen LogP contribution in [0.4, 0.5) is 0 Å². The Bertz CT molecular complexity index is 394. The number of nitrogens with zero attached hydrogens (tertiary/aromatic N) is 1. The number of nitrogens with one attached hydrogen (secondary N) is 1. The van der Waals surface area contributed by atoms with E-state index in [1.54, 1.807) is 17.5 Å². The molecular formula is C10H11ClN2S. The van der Waals surface area contributed by atoms with Crippen LogP contribution in [0.2, 0.25) is 0 Å². The molecule has 0 fully saturated rings. The molecule has 0 aliphatic rings. The number of alkyl halides is 1. The second kappa shape index (κ2) is 4.15. The van der Waals surface area contributed by atoms with Crippen LogP contribution < -0.4 is 0 Å². The zero-order valence-electron chi connectivity index (χ0n) is 7.83. The topological polar surface area (TPSA) is 28.7 Å². The lowest BCUT2D eigenvalue weighted by atomic mass is 10.1. The predicted molar refractivity (Wildman–Crippen MR) is 59.9 cm³/mol. The fourth-order valence-electron chi connectivity index (χ4n) is 1.38. The van der Waals surface area contributed by atoms with Gasteiger partial charge in [0.1, 0.15) is 5.82 Å². The highest BCUT2D eigenvalue weighted by Gasteiger charge is 2.13. The van der Waals surface area contributed by atoms with Crippen molar-refractivity contribution in [3.63, 3.8) is 0 Å². The molecule has 0 amide bonds. The van der Waals surface area contributed by atoms with Gasteiger partial charge in [0.15, 0.2) is 0 Å². The number of aromatic nitrogens is 2. The minimum atomic E-state index is 0.0207. The minimum Gasteiger partial charge on any atom is -0.349 e. The molecule has 2 aromatic heterocycles. The van der Waals surface area contributed by atoms with Gasteiger partial charge in [-0.05, 0) is 28.8 Å². The Kier molecular flexibility index (Phi) is 2.89. The van der Waals surface area contributed by atoms with E-state index in [9.17, 15) is 0 Å². The maximum Gasteiger partial charge on any atom is 0.107 e. The van der Waals surface area contributed by atoms with E-state index in [0.29, 0.717) is 0 Å². The van der Waals surface area contributed by atoms with E-state index in [-0.39, 0.29) is 5.38 Å². The molecule has 0 aliphatic heterocycles. The van der Waals surface area contributed by atoms with E-state index in [1.165, 1.54) is 11.1 Å². The van der Waals surface area contributed by atoms with Crippen molar-refractivity contribution in [1.29, 1.82) is 0 Å². The first-order valence-electron chi connectivity index (χ1n) is 4.42. The van der Waals surface area contributed by atoms with Crippen molar-refractivity contribution in [3.8, 4) is 0 Å². The molecule has 14 heavy (non-hydrogen) atoms. The van der Waals surface area contributed by atoms with Crippen molar-refractivity contribution in [2.75, 3.05) is 0 Å². The number of aryl methyl sites for hydroxylation is 1. The Morgan fingerprint density at radius 2 is 2.43 bits per heavy atom. The third-order valence-electron chi connectivity index (χ3n) is 2.16. The van der Waals surface area contributed by atoms with E-state index in [4.69, 9.17) is 11.6 Å². The molecule has 0 saturated heterocycles. The second-order valence-electron chi connectivity index (χ2n) is 3.22. The van der Waals surface area contributed by atoms with Crippen LogP contribution in [-0.2, 0) is 6.42 Å². The number of rotatable bonds is 3.